The van der Waals surface area contributed by atoms with Crippen LogP contribution in [0.1, 0.15) is 16.7 Å². The van der Waals surface area contributed by atoms with Crippen molar-refractivity contribution in [3.05, 3.63) is 159 Å². The Bertz CT molecular complexity index is 1830. The number of nitrogens with zero attached hydrogens (tertiary/aromatic N) is 4. The Morgan fingerprint density at radius 3 is 1.64 bits per heavy atom. The molecule has 0 saturated heterocycles. The molecule has 0 unspecified atom stereocenters. The monoisotopic (exact) mass is 530 g/mol. The molecule has 0 radical (unpaired) electrons. The number of imidazole rings is 1. The first-order chi connectivity index (χ1) is 19.2. The molecule has 0 bridgehead atoms. The van der Waals surface area contributed by atoms with E-state index in [0.717, 1.165) is 16.7 Å². The summed E-state index contributed by atoms with van der Waals surface area (Å²) in [5.41, 5.74) is 3.77. The standard InChI is InChI=1S/C32H26N4O2S/c37-30-28-29(36(27-19-11-4-12-20-27)32(38)35(30)22-25-15-7-2-8-16-25)33-31(39-23-26-17-9-3-10-18-26)34(28)21-24-13-5-1-6-14-24/h1-20H,21-23H2. The fourth-order valence-corrected chi connectivity index (χ4v) is 5.62. The van der Waals surface area contributed by atoms with Crippen molar-refractivity contribution in [1.82, 2.24) is 18.7 Å². The van der Waals surface area contributed by atoms with Gasteiger partial charge in [-0.25, -0.2) is 14.3 Å². The van der Waals surface area contributed by atoms with Crippen LogP contribution < -0.4 is 11.2 Å². The number of hydrogen-bond donors (Lipinski definition) is 0. The second kappa shape index (κ2) is 11.0. The van der Waals surface area contributed by atoms with E-state index in [-0.39, 0.29) is 12.1 Å². The molecule has 6 aromatic rings. The molecule has 0 fully saturated rings. The van der Waals surface area contributed by atoms with Crippen molar-refractivity contribution >= 4 is 22.9 Å². The summed E-state index contributed by atoms with van der Waals surface area (Å²) in [6, 6.07) is 39.2. The molecule has 0 aliphatic carbocycles. The normalized spacial score (nSPS) is 11.2. The molecule has 6 rings (SSSR count). The van der Waals surface area contributed by atoms with E-state index < -0.39 is 5.69 Å². The number of thioether (sulfide) groups is 1. The summed E-state index contributed by atoms with van der Waals surface area (Å²) in [4.78, 5) is 33.0. The summed E-state index contributed by atoms with van der Waals surface area (Å²) in [6.45, 7) is 0.631. The first-order valence-electron chi connectivity index (χ1n) is 12.7. The second-order valence-electron chi connectivity index (χ2n) is 9.24. The predicted octanol–water partition coefficient (Wildman–Crippen LogP) is 5.74. The molecule has 2 aromatic heterocycles. The molecule has 0 aliphatic rings. The summed E-state index contributed by atoms with van der Waals surface area (Å²) in [7, 11) is 0. The van der Waals surface area contributed by atoms with Crippen LogP contribution in [0.3, 0.4) is 0 Å². The third-order valence-corrected chi connectivity index (χ3v) is 7.64. The first-order valence-corrected chi connectivity index (χ1v) is 13.7. The summed E-state index contributed by atoms with van der Waals surface area (Å²) in [5.74, 6) is 0.687. The molecule has 7 heteroatoms. The molecular formula is C32H26N4O2S. The maximum atomic E-state index is 14.1. The molecule has 0 atom stereocenters. The number of aromatic nitrogens is 4. The number of rotatable bonds is 8. The molecule has 6 nitrogen and oxygen atoms in total. The van der Waals surface area contributed by atoms with Crippen LogP contribution in [-0.4, -0.2) is 18.7 Å². The van der Waals surface area contributed by atoms with Crippen LogP contribution in [0.5, 0.6) is 0 Å². The van der Waals surface area contributed by atoms with Crippen LogP contribution >= 0.6 is 11.8 Å². The van der Waals surface area contributed by atoms with Gasteiger partial charge in [0, 0.05) is 5.75 Å². The topological polar surface area (TPSA) is 61.8 Å². The van der Waals surface area contributed by atoms with Crippen molar-refractivity contribution in [3.8, 4) is 5.69 Å². The molecule has 39 heavy (non-hydrogen) atoms. The molecule has 4 aromatic carbocycles. The van der Waals surface area contributed by atoms with Crippen molar-refractivity contribution in [3.63, 3.8) is 0 Å². The number of para-hydroxylation sites is 1. The van der Waals surface area contributed by atoms with Crippen LogP contribution in [0.15, 0.2) is 136 Å². The quantitative estimate of drug-likeness (QED) is 0.236. The van der Waals surface area contributed by atoms with Crippen molar-refractivity contribution in [2.45, 2.75) is 24.0 Å². The zero-order chi connectivity index (χ0) is 26.6. The van der Waals surface area contributed by atoms with E-state index >= 15 is 0 Å². The molecule has 2 heterocycles. The number of fused-ring (bicyclic) bond motifs is 1. The molecule has 0 aliphatic heterocycles. The van der Waals surface area contributed by atoms with E-state index in [1.54, 1.807) is 16.3 Å². The van der Waals surface area contributed by atoms with Gasteiger partial charge in [-0.1, -0.05) is 121 Å². The Labute approximate surface area is 229 Å². The highest BCUT2D eigenvalue weighted by molar-refractivity contribution is 7.98. The minimum absolute atomic E-state index is 0.171. The molecule has 0 saturated carbocycles. The van der Waals surface area contributed by atoms with Crippen molar-refractivity contribution < 1.29 is 0 Å². The van der Waals surface area contributed by atoms with E-state index in [2.05, 4.69) is 12.1 Å². The van der Waals surface area contributed by atoms with Crippen LogP contribution in [-0.2, 0) is 18.8 Å². The Kier molecular flexibility index (Phi) is 6.97. The third kappa shape index (κ3) is 5.09. The van der Waals surface area contributed by atoms with Gasteiger partial charge in [0.1, 0.15) is 0 Å². The van der Waals surface area contributed by atoms with Gasteiger partial charge in [-0.2, -0.15) is 0 Å². The van der Waals surface area contributed by atoms with E-state index in [9.17, 15) is 9.59 Å². The Morgan fingerprint density at radius 1 is 0.590 bits per heavy atom. The second-order valence-corrected chi connectivity index (χ2v) is 10.2. The Balaban J connectivity index is 1.60. The zero-order valence-electron chi connectivity index (χ0n) is 21.2. The third-order valence-electron chi connectivity index (χ3n) is 6.59. The largest absolute Gasteiger partial charge is 0.337 e. The minimum atomic E-state index is -0.411. The van der Waals surface area contributed by atoms with Gasteiger partial charge in [0.25, 0.3) is 5.56 Å². The SMILES string of the molecule is O=c1c2c(nc(SCc3ccccc3)n2Cc2ccccc2)n(-c2ccccc2)c(=O)n1Cc1ccccc1. The molecule has 0 spiro atoms. The lowest BCUT2D eigenvalue weighted by atomic mass is 10.2. The van der Waals surface area contributed by atoms with Gasteiger partial charge in [0.2, 0.25) is 0 Å². The highest BCUT2D eigenvalue weighted by atomic mass is 32.2. The van der Waals surface area contributed by atoms with Gasteiger partial charge in [0.15, 0.2) is 16.3 Å². The van der Waals surface area contributed by atoms with Gasteiger partial charge in [-0.05, 0) is 28.8 Å². The Morgan fingerprint density at radius 2 is 1.08 bits per heavy atom. The predicted molar refractivity (Wildman–Crippen MR) is 157 cm³/mol. The van der Waals surface area contributed by atoms with E-state index in [1.807, 2.05) is 114 Å². The van der Waals surface area contributed by atoms with E-state index in [0.29, 0.717) is 34.3 Å². The summed E-state index contributed by atoms with van der Waals surface area (Å²) < 4.78 is 4.84. The molecular weight excluding hydrogens is 504 g/mol. The smallest absolute Gasteiger partial charge is 0.309 e. The minimum Gasteiger partial charge on any atom is -0.309 e. The average Bonchev–Trinajstić information content (AvgIpc) is 3.34. The zero-order valence-corrected chi connectivity index (χ0v) is 22.0. The van der Waals surface area contributed by atoms with Crippen LogP contribution in [0.2, 0.25) is 0 Å². The van der Waals surface area contributed by atoms with Crippen molar-refractivity contribution in [1.29, 1.82) is 0 Å². The molecule has 0 amide bonds. The highest BCUT2D eigenvalue weighted by Crippen LogP contribution is 2.27. The lowest BCUT2D eigenvalue weighted by Crippen LogP contribution is -2.40. The van der Waals surface area contributed by atoms with E-state index in [4.69, 9.17) is 4.98 Å². The van der Waals surface area contributed by atoms with Crippen LogP contribution in [0.25, 0.3) is 16.9 Å². The van der Waals surface area contributed by atoms with Gasteiger partial charge in [-0.3, -0.25) is 9.36 Å². The number of hydrogen-bond acceptors (Lipinski definition) is 4. The van der Waals surface area contributed by atoms with Crippen LogP contribution in [0, 0.1) is 0 Å². The van der Waals surface area contributed by atoms with Gasteiger partial charge >= 0.3 is 5.69 Å². The van der Waals surface area contributed by atoms with E-state index in [1.165, 1.54) is 4.57 Å². The van der Waals surface area contributed by atoms with Crippen molar-refractivity contribution in [2.75, 3.05) is 0 Å². The molecule has 0 N–H and O–H groups in total. The lowest BCUT2D eigenvalue weighted by molar-refractivity contribution is 0.673. The average molecular weight is 531 g/mol. The maximum absolute atomic E-state index is 14.1. The highest BCUT2D eigenvalue weighted by Gasteiger charge is 2.23. The Hall–Kier alpha value is -4.62. The van der Waals surface area contributed by atoms with Gasteiger partial charge in [0.05, 0.1) is 18.8 Å². The summed E-state index contributed by atoms with van der Waals surface area (Å²) in [6.07, 6.45) is 0. The molecule has 192 valence electrons. The van der Waals surface area contributed by atoms with Crippen molar-refractivity contribution in [2.24, 2.45) is 0 Å². The first kappa shape index (κ1) is 24.7. The van der Waals surface area contributed by atoms with Crippen LogP contribution in [0.4, 0.5) is 0 Å². The number of benzene rings is 4. The maximum Gasteiger partial charge on any atom is 0.337 e. The van der Waals surface area contributed by atoms with Gasteiger partial charge < -0.3 is 4.57 Å². The van der Waals surface area contributed by atoms with Gasteiger partial charge in [-0.15, -0.1) is 0 Å². The summed E-state index contributed by atoms with van der Waals surface area (Å²) in [5, 5.41) is 0.691. The summed E-state index contributed by atoms with van der Waals surface area (Å²) >= 11 is 1.56. The lowest BCUT2D eigenvalue weighted by Gasteiger charge is -2.13. The fraction of sp³-hybridized carbons (Fsp3) is 0.0938. The fourth-order valence-electron chi connectivity index (χ4n) is 4.67.